The molecule has 0 spiro atoms. The van der Waals surface area contributed by atoms with Gasteiger partial charge in [-0.3, -0.25) is 4.90 Å². The van der Waals surface area contributed by atoms with Gasteiger partial charge < -0.3 is 15.0 Å². The van der Waals surface area contributed by atoms with Crippen LogP contribution in [0.5, 0.6) is 0 Å². The van der Waals surface area contributed by atoms with Crippen molar-refractivity contribution in [1.29, 1.82) is 0 Å². The van der Waals surface area contributed by atoms with Crippen molar-refractivity contribution in [2.75, 3.05) is 65.1 Å². The van der Waals surface area contributed by atoms with Gasteiger partial charge in [0.1, 0.15) is 0 Å². The lowest BCUT2D eigenvalue weighted by Crippen LogP contribution is -2.48. The predicted molar refractivity (Wildman–Crippen MR) is 75.7 cm³/mol. The van der Waals surface area contributed by atoms with Crippen LogP contribution < -0.4 is 5.32 Å². The molecule has 1 heterocycles. The van der Waals surface area contributed by atoms with Crippen molar-refractivity contribution in [2.24, 2.45) is 0 Å². The van der Waals surface area contributed by atoms with Crippen molar-refractivity contribution in [3.8, 4) is 0 Å². The van der Waals surface area contributed by atoms with Crippen LogP contribution in [0.15, 0.2) is 0 Å². The SMILES string of the molecule is CCN(C)C[C@H]1CN(CCNCSC)CCO1. The number of hydrogen-bond acceptors (Lipinski definition) is 5. The van der Waals surface area contributed by atoms with Crippen molar-refractivity contribution >= 4 is 11.8 Å². The maximum atomic E-state index is 5.80. The molecule has 0 aromatic carbocycles. The topological polar surface area (TPSA) is 27.7 Å². The average Bonchev–Trinajstić information content (AvgIpc) is 2.35. The average molecular weight is 261 g/mol. The summed E-state index contributed by atoms with van der Waals surface area (Å²) in [6.07, 6.45) is 2.51. The summed E-state index contributed by atoms with van der Waals surface area (Å²) in [5.41, 5.74) is 0. The maximum Gasteiger partial charge on any atom is 0.0829 e. The molecule has 1 rings (SSSR count). The van der Waals surface area contributed by atoms with Gasteiger partial charge in [0.2, 0.25) is 0 Å². The summed E-state index contributed by atoms with van der Waals surface area (Å²) in [6, 6.07) is 0. The van der Waals surface area contributed by atoms with Crippen LogP contribution in [0.4, 0.5) is 0 Å². The van der Waals surface area contributed by atoms with Crippen molar-refractivity contribution in [2.45, 2.75) is 13.0 Å². The van der Waals surface area contributed by atoms with Crippen LogP contribution in [0.1, 0.15) is 6.92 Å². The highest BCUT2D eigenvalue weighted by atomic mass is 32.2. The molecule has 0 amide bonds. The van der Waals surface area contributed by atoms with Crippen molar-refractivity contribution in [3.05, 3.63) is 0 Å². The molecule has 102 valence electrons. The molecule has 0 bridgehead atoms. The van der Waals surface area contributed by atoms with Crippen LogP contribution in [-0.2, 0) is 4.74 Å². The van der Waals surface area contributed by atoms with E-state index in [9.17, 15) is 0 Å². The first-order valence-corrected chi connectivity index (χ1v) is 7.87. The van der Waals surface area contributed by atoms with Gasteiger partial charge in [-0.15, -0.1) is 11.8 Å². The van der Waals surface area contributed by atoms with Crippen LogP contribution in [0, 0.1) is 0 Å². The lowest BCUT2D eigenvalue weighted by atomic mass is 10.2. The second-order valence-corrected chi connectivity index (χ2v) is 5.45. The molecule has 1 fully saturated rings. The molecular weight excluding hydrogens is 234 g/mol. The van der Waals surface area contributed by atoms with E-state index in [2.05, 4.69) is 35.3 Å². The second-order valence-electron chi connectivity index (χ2n) is 4.58. The quantitative estimate of drug-likeness (QED) is 0.509. The Morgan fingerprint density at radius 2 is 2.35 bits per heavy atom. The molecule has 1 atom stereocenters. The van der Waals surface area contributed by atoms with E-state index in [1.807, 2.05) is 11.8 Å². The van der Waals surface area contributed by atoms with Crippen molar-refractivity contribution in [3.63, 3.8) is 0 Å². The van der Waals surface area contributed by atoms with E-state index in [0.717, 1.165) is 51.8 Å². The van der Waals surface area contributed by atoms with Gasteiger partial charge in [0.25, 0.3) is 0 Å². The van der Waals surface area contributed by atoms with E-state index < -0.39 is 0 Å². The standard InChI is InChI=1S/C12H27N3OS/c1-4-14(2)9-12-10-15(7-8-16-12)6-5-13-11-17-3/h12-13H,4-11H2,1-3H3/t12-/m0/s1. The highest BCUT2D eigenvalue weighted by Crippen LogP contribution is 2.05. The normalized spacial score (nSPS) is 22.2. The molecule has 0 saturated carbocycles. The summed E-state index contributed by atoms with van der Waals surface area (Å²) >= 11 is 1.84. The molecule has 0 aromatic rings. The molecule has 4 nitrogen and oxygen atoms in total. The lowest BCUT2D eigenvalue weighted by Gasteiger charge is -2.34. The van der Waals surface area contributed by atoms with Crippen molar-refractivity contribution < 1.29 is 4.74 Å². The Kier molecular flexibility index (Phi) is 8.22. The molecule has 0 aromatic heterocycles. The molecule has 17 heavy (non-hydrogen) atoms. The monoisotopic (exact) mass is 261 g/mol. The lowest BCUT2D eigenvalue weighted by molar-refractivity contribution is -0.0394. The number of ether oxygens (including phenoxy) is 1. The number of hydrogen-bond donors (Lipinski definition) is 1. The van der Waals surface area contributed by atoms with E-state index >= 15 is 0 Å². The van der Waals surface area contributed by atoms with Crippen LogP contribution in [0.25, 0.3) is 0 Å². The number of nitrogens with one attached hydrogen (secondary N) is 1. The Morgan fingerprint density at radius 3 is 3.06 bits per heavy atom. The minimum absolute atomic E-state index is 0.384. The van der Waals surface area contributed by atoms with Gasteiger partial charge in [-0.25, -0.2) is 0 Å². The number of likely N-dealkylation sites (N-methyl/N-ethyl adjacent to an activating group) is 1. The Bertz CT molecular complexity index is 195. The Hall–Kier alpha value is 0.190. The number of morpholine rings is 1. The van der Waals surface area contributed by atoms with Gasteiger partial charge >= 0.3 is 0 Å². The van der Waals surface area contributed by atoms with Gasteiger partial charge in [-0.2, -0.15) is 0 Å². The molecule has 1 saturated heterocycles. The predicted octanol–water partition coefficient (Wildman–Crippen LogP) is 0.549. The molecule has 0 unspecified atom stereocenters. The summed E-state index contributed by atoms with van der Waals surface area (Å²) in [4.78, 5) is 4.82. The van der Waals surface area contributed by atoms with Crippen LogP contribution in [0.3, 0.4) is 0 Å². The number of nitrogens with zero attached hydrogens (tertiary/aromatic N) is 2. The Morgan fingerprint density at radius 1 is 1.53 bits per heavy atom. The summed E-state index contributed by atoms with van der Waals surface area (Å²) in [5.74, 6) is 1.05. The minimum Gasteiger partial charge on any atom is -0.374 e. The van der Waals surface area contributed by atoms with E-state index in [1.165, 1.54) is 0 Å². The zero-order valence-corrected chi connectivity index (χ0v) is 12.3. The molecule has 5 heteroatoms. The highest BCUT2D eigenvalue weighted by Gasteiger charge is 2.20. The zero-order valence-electron chi connectivity index (χ0n) is 11.4. The Balaban J connectivity index is 2.14. The Labute approximate surface area is 110 Å². The largest absolute Gasteiger partial charge is 0.374 e. The van der Waals surface area contributed by atoms with Crippen LogP contribution in [0.2, 0.25) is 0 Å². The summed E-state index contributed by atoms with van der Waals surface area (Å²) in [5, 5.41) is 3.42. The van der Waals surface area contributed by atoms with Gasteiger partial charge in [0, 0.05) is 38.6 Å². The first-order chi connectivity index (χ1) is 8.26. The van der Waals surface area contributed by atoms with Gasteiger partial charge in [-0.1, -0.05) is 6.92 Å². The molecule has 0 aliphatic carbocycles. The van der Waals surface area contributed by atoms with Gasteiger partial charge in [-0.05, 0) is 19.8 Å². The number of thioether (sulfide) groups is 1. The summed E-state index contributed by atoms with van der Waals surface area (Å²) in [7, 11) is 2.16. The zero-order chi connectivity index (χ0) is 12.5. The maximum absolute atomic E-state index is 5.80. The summed E-state index contributed by atoms with van der Waals surface area (Å²) < 4.78 is 5.80. The summed E-state index contributed by atoms with van der Waals surface area (Å²) in [6.45, 7) is 9.57. The third-order valence-electron chi connectivity index (χ3n) is 3.13. The molecule has 1 N–H and O–H groups in total. The first kappa shape index (κ1) is 15.2. The minimum atomic E-state index is 0.384. The van der Waals surface area contributed by atoms with Crippen LogP contribution >= 0.6 is 11.8 Å². The third-order valence-corrected chi connectivity index (χ3v) is 3.62. The molecule has 1 aliphatic heterocycles. The van der Waals surface area contributed by atoms with E-state index in [-0.39, 0.29) is 0 Å². The number of rotatable bonds is 8. The van der Waals surface area contributed by atoms with E-state index in [1.54, 1.807) is 0 Å². The van der Waals surface area contributed by atoms with Crippen LogP contribution in [-0.4, -0.2) is 81.0 Å². The van der Waals surface area contributed by atoms with Gasteiger partial charge in [0.05, 0.1) is 12.7 Å². The highest BCUT2D eigenvalue weighted by molar-refractivity contribution is 7.98. The van der Waals surface area contributed by atoms with E-state index in [0.29, 0.717) is 6.10 Å². The van der Waals surface area contributed by atoms with Gasteiger partial charge in [0.15, 0.2) is 0 Å². The fourth-order valence-corrected chi connectivity index (χ4v) is 2.33. The second kappa shape index (κ2) is 9.16. The molecule has 0 radical (unpaired) electrons. The molecule has 1 aliphatic rings. The van der Waals surface area contributed by atoms with Crippen molar-refractivity contribution in [1.82, 2.24) is 15.1 Å². The van der Waals surface area contributed by atoms with E-state index in [4.69, 9.17) is 4.74 Å². The smallest absolute Gasteiger partial charge is 0.0829 e. The fourth-order valence-electron chi connectivity index (χ4n) is 1.98. The first-order valence-electron chi connectivity index (χ1n) is 6.48. The molecular formula is C12H27N3OS. The third kappa shape index (κ3) is 6.62. The fraction of sp³-hybridized carbons (Fsp3) is 1.00.